The normalized spacial score (nSPS) is 15.7. The molecule has 2 aromatic rings. The molecule has 2 heterocycles. The number of halogens is 1. The number of nitrogens with one attached hydrogen (secondary N) is 1. The number of benzene rings is 1. The molecule has 8 nitrogen and oxygen atoms in total. The highest BCUT2D eigenvalue weighted by molar-refractivity contribution is 9.10. The van der Waals surface area contributed by atoms with E-state index in [2.05, 4.69) is 21.2 Å². The zero-order valence-electron chi connectivity index (χ0n) is 16.8. The van der Waals surface area contributed by atoms with E-state index in [9.17, 15) is 18.0 Å². The summed E-state index contributed by atoms with van der Waals surface area (Å²) in [6, 6.07) is 10.1. The third-order valence-corrected chi connectivity index (χ3v) is 6.92. The molecule has 10 heteroatoms. The highest BCUT2D eigenvalue weighted by atomic mass is 79.9. The van der Waals surface area contributed by atoms with Crippen LogP contribution in [0.4, 0.5) is 5.69 Å². The lowest BCUT2D eigenvalue weighted by molar-refractivity contribution is 0.0941. The minimum absolute atomic E-state index is 0.164. The van der Waals surface area contributed by atoms with Gasteiger partial charge in [-0.1, -0.05) is 12.1 Å². The standard InChI is InChI=1S/C20H24BrN3O5S/c1-23(20(26)17-7-8-18(21)29-17)16-6-4-3-5-15(16)19(25)22-13-14-9-11-24(12-10-14)30(2,27)28/h3-8,14H,9-13H2,1-2H3,(H,22,25). The van der Waals surface area contributed by atoms with Gasteiger partial charge >= 0.3 is 0 Å². The van der Waals surface area contributed by atoms with Gasteiger partial charge in [-0.2, -0.15) is 0 Å². The molecule has 1 aliphatic heterocycles. The van der Waals surface area contributed by atoms with Gasteiger partial charge < -0.3 is 14.6 Å². The Labute approximate surface area is 184 Å². The molecular formula is C20H24BrN3O5S. The van der Waals surface area contributed by atoms with Crippen molar-refractivity contribution in [1.29, 1.82) is 0 Å². The molecule has 0 spiro atoms. The number of carbonyl (C=O) groups is 2. The summed E-state index contributed by atoms with van der Waals surface area (Å²) in [5.41, 5.74) is 0.854. The van der Waals surface area contributed by atoms with Crippen LogP contribution in [0.15, 0.2) is 45.5 Å². The zero-order valence-corrected chi connectivity index (χ0v) is 19.2. The molecule has 0 saturated carbocycles. The molecule has 0 atom stereocenters. The van der Waals surface area contributed by atoms with Crippen molar-refractivity contribution in [2.45, 2.75) is 12.8 Å². The molecule has 2 amide bonds. The van der Waals surface area contributed by atoms with Crippen LogP contribution in [-0.2, 0) is 10.0 Å². The van der Waals surface area contributed by atoms with E-state index in [0.29, 0.717) is 48.4 Å². The first-order valence-electron chi connectivity index (χ1n) is 9.52. The van der Waals surface area contributed by atoms with Crippen LogP contribution in [0.2, 0.25) is 0 Å². The number of hydrogen-bond acceptors (Lipinski definition) is 5. The number of amides is 2. The van der Waals surface area contributed by atoms with Crippen LogP contribution in [0.1, 0.15) is 33.8 Å². The second-order valence-electron chi connectivity index (χ2n) is 7.30. The minimum Gasteiger partial charge on any atom is -0.444 e. The summed E-state index contributed by atoms with van der Waals surface area (Å²) in [6.45, 7) is 1.38. The van der Waals surface area contributed by atoms with Gasteiger partial charge in [0.05, 0.1) is 17.5 Å². The number of carbonyl (C=O) groups excluding carboxylic acids is 2. The van der Waals surface area contributed by atoms with Crippen molar-refractivity contribution in [3.8, 4) is 0 Å². The number of hydrogen-bond donors (Lipinski definition) is 1. The Hall–Kier alpha value is -2.17. The van der Waals surface area contributed by atoms with Gasteiger partial charge in [0.15, 0.2) is 10.4 Å². The van der Waals surface area contributed by atoms with Crippen LogP contribution in [-0.4, -0.2) is 57.5 Å². The van der Waals surface area contributed by atoms with Crippen LogP contribution in [0.5, 0.6) is 0 Å². The fourth-order valence-electron chi connectivity index (χ4n) is 3.44. The fraction of sp³-hybridized carbons (Fsp3) is 0.400. The topological polar surface area (TPSA) is 99.9 Å². The monoisotopic (exact) mass is 497 g/mol. The van der Waals surface area contributed by atoms with E-state index in [-0.39, 0.29) is 23.5 Å². The van der Waals surface area contributed by atoms with E-state index in [1.807, 2.05) is 0 Å². The largest absolute Gasteiger partial charge is 0.444 e. The molecule has 30 heavy (non-hydrogen) atoms. The predicted molar refractivity (Wildman–Crippen MR) is 117 cm³/mol. The molecular weight excluding hydrogens is 474 g/mol. The van der Waals surface area contributed by atoms with E-state index in [1.54, 1.807) is 43.4 Å². The van der Waals surface area contributed by atoms with Gasteiger partial charge in [-0.25, -0.2) is 12.7 Å². The maximum Gasteiger partial charge on any atom is 0.293 e. The van der Waals surface area contributed by atoms with Gasteiger partial charge in [-0.05, 0) is 59.0 Å². The highest BCUT2D eigenvalue weighted by Crippen LogP contribution is 2.24. The van der Waals surface area contributed by atoms with Crippen LogP contribution in [0.3, 0.4) is 0 Å². The van der Waals surface area contributed by atoms with Crippen molar-refractivity contribution in [2.24, 2.45) is 5.92 Å². The molecule has 1 saturated heterocycles. The van der Waals surface area contributed by atoms with Gasteiger partial charge in [0.2, 0.25) is 10.0 Å². The van der Waals surface area contributed by atoms with Crippen molar-refractivity contribution in [1.82, 2.24) is 9.62 Å². The molecule has 0 radical (unpaired) electrons. The van der Waals surface area contributed by atoms with Crippen LogP contribution < -0.4 is 10.2 Å². The fourth-order valence-corrected chi connectivity index (χ4v) is 4.62. The van der Waals surface area contributed by atoms with Gasteiger partial charge in [0.25, 0.3) is 11.8 Å². The van der Waals surface area contributed by atoms with Crippen LogP contribution in [0.25, 0.3) is 0 Å². The maximum absolute atomic E-state index is 12.8. The number of rotatable bonds is 6. The van der Waals surface area contributed by atoms with Crippen LogP contribution >= 0.6 is 15.9 Å². The van der Waals surface area contributed by atoms with E-state index >= 15 is 0 Å². The Bertz CT molecular complexity index is 1030. The number of furan rings is 1. The van der Waals surface area contributed by atoms with Crippen molar-refractivity contribution in [3.63, 3.8) is 0 Å². The van der Waals surface area contributed by atoms with E-state index in [0.717, 1.165) is 0 Å². The predicted octanol–water partition coefficient (Wildman–Crippen LogP) is 2.72. The second-order valence-corrected chi connectivity index (χ2v) is 10.1. The molecule has 1 N–H and O–H groups in total. The average Bonchev–Trinajstić information content (AvgIpc) is 3.17. The Morgan fingerprint density at radius 3 is 2.47 bits per heavy atom. The summed E-state index contributed by atoms with van der Waals surface area (Å²) in [5, 5.41) is 2.92. The van der Waals surface area contributed by atoms with Crippen molar-refractivity contribution in [3.05, 3.63) is 52.4 Å². The van der Waals surface area contributed by atoms with E-state index < -0.39 is 10.0 Å². The molecule has 162 valence electrons. The number of piperidine rings is 1. The van der Waals surface area contributed by atoms with Crippen LogP contribution in [0, 0.1) is 5.92 Å². The first-order valence-corrected chi connectivity index (χ1v) is 12.2. The summed E-state index contributed by atoms with van der Waals surface area (Å²) < 4.78 is 30.5. The highest BCUT2D eigenvalue weighted by Gasteiger charge is 2.26. The SMILES string of the molecule is CN(C(=O)c1ccc(Br)o1)c1ccccc1C(=O)NCC1CCN(S(C)(=O)=O)CC1. The Morgan fingerprint density at radius 2 is 1.87 bits per heavy atom. The smallest absolute Gasteiger partial charge is 0.293 e. The summed E-state index contributed by atoms with van der Waals surface area (Å²) in [6.07, 6.45) is 2.60. The van der Waals surface area contributed by atoms with Crippen molar-refractivity contribution < 1.29 is 22.4 Å². The second kappa shape index (κ2) is 9.32. The quantitative estimate of drug-likeness (QED) is 0.661. The van der Waals surface area contributed by atoms with E-state index in [4.69, 9.17) is 4.42 Å². The summed E-state index contributed by atoms with van der Waals surface area (Å²) in [7, 11) is -1.58. The average molecular weight is 498 g/mol. The third-order valence-electron chi connectivity index (χ3n) is 5.19. The summed E-state index contributed by atoms with van der Waals surface area (Å²) >= 11 is 3.18. The number of nitrogens with zero attached hydrogens (tertiary/aromatic N) is 2. The van der Waals surface area contributed by atoms with E-state index in [1.165, 1.54) is 15.5 Å². The third kappa shape index (κ3) is 5.30. The van der Waals surface area contributed by atoms with Crippen molar-refractivity contribution in [2.75, 3.05) is 37.8 Å². The molecule has 0 bridgehead atoms. The molecule has 3 rings (SSSR count). The molecule has 0 aliphatic carbocycles. The first-order chi connectivity index (χ1) is 14.2. The first kappa shape index (κ1) is 22.5. The number of anilines is 1. The van der Waals surface area contributed by atoms with Crippen molar-refractivity contribution >= 4 is 43.5 Å². The lowest BCUT2D eigenvalue weighted by atomic mass is 9.98. The maximum atomic E-state index is 12.8. The molecule has 1 aliphatic rings. The van der Waals surface area contributed by atoms with Gasteiger partial charge in [-0.3, -0.25) is 9.59 Å². The molecule has 1 fully saturated rings. The Morgan fingerprint density at radius 1 is 1.20 bits per heavy atom. The molecule has 1 aromatic carbocycles. The number of para-hydroxylation sites is 1. The van der Waals surface area contributed by atoms with Gasteiger partial charge in [-0.15, -0.1) is 0 Å². The minimum atomic E-state index is -3.17. The number of sulfonamides is 1. The van der Waals surface area contributed by atoms with Gasteiger partial charge in [0, 0.05) is 26.7 Å². The Kier molecular flexibility index (Phi) is 6.99. The Balaban J connectivity index is 1.64. The lowest BCUT2D eigenvalue weighted by Crippen LogP contribution is -2.41. The molecule has 1 aromatic heterocycles. The molecule has 0 unspecified atom stereocenters. The van der Waals surface area contributed by atoms with Gasteiger partial charge in [0.1, 0.15) is 0 Å². The summed E-state index contributed by atoms with van der Waals surface area (Å²) in [4.78, 5) is 26.9. The zero-order chi connectivity index (χ0) is 21.9. The lowest BCUT2D eigenvalue weighted by Gasteiger charge is -2.30. The summed E-state index contributed by atoms with van der Waals surface area (Å²) in [5.74, 6) is -0.276.